The van der Waals surface area contributed by atoms with Gasteiger partial charge in [0.05, 0.1) is 18.4 Å². The fourth-order valence-corrected chi connectivity index (χ4v) is 6.21. The molecule has 2 atom stereocenters. The lowest BCUT2D eigenvalue weighted by Gasteiger charge is -2.37. The summed E-state index contributed by atoms with van der Waals surface area (Å²) in [6, 6.07) is 0. The Labute approximate surface area is 200 Å². The van der Waals surface area contributed by atoms with Gasteiger partial charge in [-0.1, -0.05) is 73.6 Å². The van der Waals surface area contributed by atoms with E-state index in [-0.39, 0.29) is 16.0 Å². The van der Waals surface area contributed by atoms with Crippen LogP contribution in [0.2, 0.25) is 36.3 Å². The van der Waals surface area contributed by atoms with Crippen LogP contribution in [0.15, 0.2) is 24.2 Å². The van der Waals surface area contributed by atoms with Crippen molar-refractivity contribution < 1.29 is 13.6 Å². The number of rotatable bonds is 6. The summed E-state index contributed by atoms with van der Waals surface area (Å²) in [5.74, 6) is 2.43. The van der Waals surface area contributed by atoms with Gasteiger partial charge in [0.1, 0.15) is 5.78 Å². The molecule has 0 aromatic heterocycles. The fourth-order valence-electron chi connectivity index (χ4n) is 4.33. The summed E-state index contributed by atoms with van der Waals surface area (Å²) in [5, 5.41) is 0.286. The molecule has 1 saturated carbocycles. The minimum Gasteiger partial charge on any atom is -0.549 e. The minimum atomic E-state index is -1.99. The normalized spacial score (nSPS) is 24.9. The predicted octanol–water partition coefficient (Wildman–Crippen LogP) is 8.60. The summed E-state index contributed by atoms with van der Waals surface area (Å²) in [7, 11) is -3.85. The molecule has 0 radical (unpaired) electrons. The molecular weight excluding hydrogens is 428 g/mol. The third kappa shape index (κ3) is 7.09. The Hall–Kier alpha value is -0.816. The van der Waals surface area contributed by atoms with Crippen LogP contribution in [0, 0.1) is 17.8 Å². The summed E-state index contributed by atoms with van der Waals surface area (Å²) in [4.78, 5) is 13.0. The quantitative estimate of drug-likeness (QED) is 0.283. The van der Waals surface area contributed by atoms with Crippen LogP contribution < -0.4 is 0 Å². The molecule has 5 heteroatoms. The molecule has 0 bridgehead atoms. The molecule has 0 amide bonds. The molecule has 0 aliphatic heterocycles. The van der Waals surface area contributed by atoms with Crippen molar-refractivity contribution in [3.8, 4) is 0 Å². The molecule has 3 nitrogen and oxygen atoms in total. The third-order valence-corrected chi connectivity index (χ3v) is 17.3. The van der Waals surface area contributed by atoms with Crippen molar-refractivity contribution >= 4 is 22.4 Å². The van der Waals surface area contributed by atoms with Gasteiger partial charge in [-0.25, -0.2) is 0 Å². The van der Waals surface area contributed by atoms with Crippen molar-refractivity contribution in [2.75, 3.05) is 0 Å². The molecule has 184 valence electrons. The van der Waals surface area contributed by atoms with Crippen LogP contribution in [0.25, 0.3) is 0 Å². The van der Waals surface area contributed by atoms with E-state index in [1.54, 1.807) is 0 Å². The van der Waals surface area contributed by atoms with Crippen molar-refractivity contribution in [3.63, 3.8) is 0 Å². The van der Waals surface area contributed by atoms with Gasteiger partial charge in [0, 0.05) is 12.3 Å². The second-order valence-electron chi connectivity index (χ2n) is 13.3. The van der Waals surface area contributed by atoms with E-state index in [9.17, 15) is 4.79 Å². The fraction of sp³-hybridized carbons (Fsp3) is 0.815. The van der Waals surface area contributed by atoms with E-state index >= 15 is 0 Å². The van der Waals surface area contributed by atoms with Gasteiger partial charge in [-0.3, -0.25) is 4.79 Å². The van der Waals surface area contributed by atoms with E-state index < -0.39 is 16.6 Å². The van der Waals surface area contributed by atoms with Crippen LogP contribution in [-0.4, -0.2) is 22.4 Å². The second kappa shape index (κ2) is 10.2. The van der Waals surface area contributed by atoms with E-state index in [4.69, 9.17) is 8.85 Å². The number of carbonyl (C=O) groups excluding carboxylic acids is 1. The average molecular weight is 479 g/mol. The smallest absolute Gasteiger partial charge is 0.250 e. The molecule has 2 rings (SSSR count). The highest BCUT2D eigenvalue weighted by atomic mass is 28.4. The summed E-state index contributed by atoms with van der Waals surface area (Å²) < 4.78 is 13.1. The summed E-state index contributed by atoms with van der Waals surface area (Å²) in [5.41, 5.74) is 0. The van der Waals surface area contributed by atoms with Gasteiger partial charge >= 0.3 is 0 Å². The number of hydrogen-bond donors (Lipinski definition) is 0. The molecular formula is C27H50O3Si2. The maximum Gasteiger partial charge on any atom is 0.250 e. The zero-order valence-corrected chi connectivity index (χ0v) is 24.6. The standard InChI is InChI=1S/C27H50O3Si2/c1-26(2,3)31(7,8)29-17-16-22-18-24(30-32(9,10)27(4,5)6)19-23(28)20-25(22)21-14-12-11-13-15-21/h16-18,21-22,25H,11-15,19-20H2,1-10H3/b17-16+/t22-,25-/m0/s1. The Kier molecular flexibility index (Phi) is 8.75. The average Bonchev–Trinajstić information content (AvgIpc) is 2.78. The second-order valence-corrected chi connectivity index (χ2v) is 22.7. The topological polar surface area (TPSA) is 35.5 Å². The molecule has 0 unspecified atom stereocenters. The summed E-state index contributed by atoms with van der Waals surface area (Å²) >= 11 is 0. The predicted molar refractivity (Wildman–Crippen MR) is 142 cm³/mol. The molecule has 1 fully saturated rings. The zero-order chi connectivity index (χ0) is 24.4. The van der Waals surface area contributed by atoms with Crippen molar-refractivity contribution in [2.24, 2.45) is 17.8 Å². The first-order valence-electron chi connectivity index (χ1n) is 12.8. The Morgan fingerprint density at radius 3 is 2.00 bits per heavy atom. The Morgan fingerprint density at radius 1 is 0.906 bits per heavy atom. The van der Waals surface area contributed by atoms with E-state index in [0.717, 1.165) is 5.76 Å². The van der Waals surface area contributed by atoms with Gasteiger partial charge in [-0.15, -0.1) is 0 Å². The summed E-state index contributed by atoms with van der Waals surface area (Å²) in [6.07, 6.45) is 14.0. The zero-order valence-electron chi connectivity index (χ0n) is 22.6. The Bertz CT molecular complexity index is 701. The van der Waals surface area contributed by atoms with Gasteiger partial charge in [0.2, 0.25) is 16.6 Å². The van der Waals surface area contributed by atoms with Crippen LogP contribution in [0.1, 0.15) is 86.5 Å². The van der Waals surface area contributed by atoms with E-state index in [2.05, 4.69) is 79.9 Å². The molecule has 0 spiro atoms. The first kappa shape index (κ1) is 27.4. The van der Waals surface area contributed by atoms with Crippen LogP contribution in [0.5, 0.6) is 0 Å². The SMILES string of the molecule is CC(C)(C)[Si](C)(C)O/C=C/[C@H]1C=C(O[Si](C)(C)C(C)(C)C)CC(=O)C[C@H]1C1CCCCC1. The highest BCUT2D eigenvalue weighted by molar-refractivity contribution is 6.74. The van der Waals surface area contributed by atoms with Crippen LogP contribution in [-0.2, 0) is 13.6 Å². The molecule has 32 heavy (non-hydrogen) atoms. The molecule has 0 saturated heterocycles. The van der Waals surface area contributed by atoms with Crippen molar-refractivity contribution in [3.05, 3.63) is 24.2 Å². The number of hydrogen-bond acceptors (Lipinski definition) is 3. The van der Waals surface area contributed by atoms with E-state index in [1.165, 1.54) is 32.1 Å². The number of allylic oxidation sites excluding steroid dienone is 3. The molecule has 2 aliphatic carbocycles. The Balaban J connectivity index is 2.35. The largest absolute Gasteiger partial charge is 0.549 e. The number of Topliss-reactive ketones (excluding diaryl/α,β-unsaturated/α-hetero) is 1. The van der Waals surface area contributed by atoms with Crippen molar-refractivity contribution in [2.45, 2.75) is 123 Å². The highest BCUT2D eigenvalue weighted by Gasteiger charge is 2.41. The van der Waals surface area contributed by atoms with Crippen molar-refractivity contribution in [1.82, 2.24) is 0 Å². The molecule has 0 heterocycles. The maximum atomic E-state index is 13.0. The van der Waals surface area contributed by atoms with E-state index in [0.29, 0.717) is 30.5 Å². The van der Waals surface area contributed by atoms with Gasteiger partial charge in [0.15, 0.2) is 0 Å². The third-order valence-electron chi connectivity index (χ3n) is 8.62. The summed E-state index contributed by atoms with van der Waals surface area (Å²) in [6.45, 7) is 22.7. The lowest BCUT2D eigenvalue weighted by molar-refractivity contribution is -0.120. The monoisotopic (exact) mass is 478 g/mol. The molecule has 2 aliphatic rings. The molecule has 0 aromatic rings. The molecule has 0 N–H and O–H groups in total. The van der Waals surface area contributed by atoms with Gasteiger partial charge in [0.25, 0.3) is 0 Å². The maximum absolute atomic E-state index is 13.0. The van der Waals surface area contributed by atoms with Crippen molar-refractivity contribution in [1.29, 1.82) is 0 Å². The van der Waals surface area contributed by atoms with Gasteiger partial charge < -0.3 is 8.85 Å². The highest BCUT2D eigenvalue weighted by Crippen LogP contribution is 2.43. The van der Waals surface area contributed by atoms with Crippen LogP contribution >= 0.6 is 0 Å². The Morgan fingerprint density at radius 2 is 1.47 bits per heavy atom. The minimum absolute atomic E-state index is 0.114. The van der Waals surface area contributed by atoms with E-state index in [1.807, 2.05) is 6.26 Å². The molecule has 0 aromatic carbocycles. The lowest BCUT2D eigenvalue weighted by Crippen LogP contribution is -2.40. The number of carbonyl (C=O) groups is 1. The van der Waals surface area contributed by atoms with Crippen LogP contribution in [0.4, 0.5) is 0 Å². The van der Waals surface area contributed by atoms with Gasteiger partial charge in [-0.05, 0) is 60.3 Å². The van der Waals surface area contributed by atoms with Gasteiger partial charge in [-0.2, -0.15) is 0 Å². The first-order chi connectivity index (χ1) is 14.5. The number of ketones is 1. The first-order valence-corrected chi connectivity index (χ1v) is 18.6. The van der Waals surface area contributed by atoms with Crippen LogP contribution in [0.3, 0.4) is 0 Å². The lowest BCUT2D eigenvalue weighted by atomic mass is 9.72.